The lowest BCUT2D eigenvalue weighted by molar-refractivity contribution is 0.0944. The summed E-state index contributed by atoms with van der Waals surface area (Å²) < 4.78 is 10.1. The number of benzene rings is 1. The number of anilines is 1. The third-order valence-electron chi connectivity index (χ3n) is 4.81. The molecule has 0 atom stereocenters. The third kappa shape index (κ3) is 8.57. The number of carbonyl (C=O) groups excluding carboxylic acids is 2. The van der Waals surface area contributed by atoms with Crippen molar-refractivity contribution in [2.45, 2.75) is 39.2 Å². The number of urea groups is 1. The van der Waals surface area contributed by atoms with Crippen molar-refractivity contribution in [3.8, 4) is 0 Å². The number of rotatable bonds is 13. The number of thiazole rings is 1. The molecule has 9 heteroatoms. The quantitative estimate of drug-likeness (QED) is 0.437. The highest BCUT2D eigenvalue weighted by Crippen LogP contribution is 2.18. The molecule has 0 aliphatic heterocycles. The summed E-state index contributed by atoms with van der Waals surface area (Å²) in [4.78, 5) is 31.3. The Morgan fingerprint density at radius 2 is 1.78 bits per heavy atom. The lowest BCUT2D eigenvalue weighted by atomic mass is 10.0. The van der Waals surface area contributed by atoms with Crippen LogP contribution in [-0.4, -0.2) is 62.3 Å². The van der Waals surface area contributed by atoms with E-state index >= 15 is 0 Å². The van der Waals surface area contributed by atoms with Gasteiger partial charge in [-0.3, -0.25) is 4.79 Å². The van der Waals surface area contributed by atoms with Gasteiger partial charge >= 0.3 is 6.03 Å². The molecular weight excluding hydrogens is 428 g/mol. The lowest BCUT2D eigenvalue weighted by Gasteiger charge is -2.22. The number of aromatic nitrogens is 1. The molecule has 1 aromatic heterocycles. The Labute approximate surface area is 194 Å². The average Bonchev–Trinajstić information content (AvgIpc) is 3.25. The van der Waals surface area contributed by atoms with E-state index in [9.17, 15) is 9.59 Å². The van der Waals surface area contributed by atoms with Crippen LogP contribution in [0.2, 0.25) is 0 Å². The fourth-order valence-electron chi connectivity index (χ4n) is 2.97. The predicted octanol–water partition coefficient (Wildman–Crippen LogP) is 4.10. The van der Waals surface area contributed by atoms with E-state index in [2.05, 4.69) is 29.5 Å². The topological polar surface area (TPSA) is 92.8 Å². The molecule has 0 aliphatic rings. The Morgan fingerprint density at radius 1 is 1.09 bits per heavy atom. The largest absolute Gasteiger partial charge is 0.385 e. The number of hydrogen-bond acceptors (Lipinski definition) is 6. The van der Waals surface area contributed by atoms with E-state index in [1.807, 2.05) is 24.3 Å². The SMILES string of the molecule is COCCCNC(=O)c1csc(CN(CCCOC)C(=O)Nc2ccc(C(C)C)cc2)n1. The standard InChI is InChI=1S/C23H34N4O4S/c1-17(2)18-7-9-19(10-8-18)25-23(29)27(12-6-14-31-4)15-21-26-20(16-32-21)22(28)24-11-5-13-30-3/h7-10,16-17H,5-6,11-15H2,1-4H3,(H,24,28)(H,25,29). The Morgan fingerprint density at radius 3 is 2.44 bits per heavy atom. The van der Waals surface area contributed by atoms with E-state index in [1.165, 1.54) is 16.9 Å². The van der Waals surface area contributed by atoms with Crippen molar-refractivity contribution in [1.29, 1.82) is 0 Å². The Hall–Kier alpha value is -2.49. The number of methoxy groups -OCH3 is 2. The van der Waals surface area contributed by atoms with E-state index < -0.39 is 0 Å². The van der Waals surface area contributed by atoms with Crippen LogP contribution in [0.4, 0.5) is 10.5 Å². The summed E-state index contributed by atoms with van der Waals surface area (Å²) in [6.45, 7) is 6.78. The first kappa shape index (κ1) is 25.8. The Bertz CT molecular complexity index is 839. The first-order chi connectivity index (χ1) is 15.4. The lowest BCUT2D eigenvalue weighted by Crippen LogP contribution is -2.35. The molecule has 1 heterocycles. The Balaban J connectivity index is 1.99. The first-order valence-electron chi connectivity index (χ1n) is 10.8. The number of nitrogens with zero attached hydrogens (tertiary/aromatic N) is 2. The van der Waals surface area contributed by atoms with Gasteiger partial charge in [-0.15, -0.1) is 11.3 Å². The third-order valence-corrected chi connectivity index (χ3v) is 5.65. The van der Waals surface area contributed by atoms with Crippen LogP contribution >= 0.6 is 11.3 Å². The maximum Gasteiger partial charge on any atom is 0.322 e. The van der Waals surface area contributed by atoms with Crippen molar-refractivity contribution in [1.82, 2.24) is 15.2 Å². The van der Waals surface area contributed by atoms with Gasteiger partial charge in [0.25, 0.3) is 5.91 Å². The molecule has 0 saturated carbocycles. The van der Waals surface area contributed by atoms with Crippen molar-refractivity contribution in [2.24, 2.45) is 0 Å². The number of ether oxygens (including phenoxy) is 2. The van der Waals surface area contributed by atoms with Gasteiger partial charge in [-0.05, 0) is 36.5 Å². The zero-order valence-electron chi connectivity index (χ0n) is 19.3. The molecule has 0 spiro atoms. The van der Waals surface area contributed by atoms with E-state index in [1.54, 1.807) is 24.5 Å². The van der Waals surface area contributed by atoms with Crippen LogP contribution in [0.15, 0.2) is 29.6 Å². The van der Waals surface area contributed by atoms with Gasteiger partial charge in [-0.2, -0.15) is 0 Å². The van der Waals surface area contributed by atoms with Gasteiger partial charge in [0.1, 0.15) is 10.7 Å². The van der Waals surface area contributed by atoms with Gasteiger partial charge in [-0.25, -0.2) is 9.78 Å². The first-order valence-corrected chi connectivity index (χ1v) is 11.7. The van der Waals surface area contributed by atoms with Gasteiger partial charge < -0.3 is 25.0 Å². The van der Waals surface area contributed by atoms with Gasteiger partial charge in [0.05, 0.1) is 6.54 Å². The molecule has 1 aromatic carbocycles. The maximum atomic E-state index is 12.9. The van der Waals surface area contributed by atoms with Gasteiger partial charge in [-0.1, -0.05) is 26.0 Å². The highest BCUT2D eigenvalue weighted by atomic mass is 32.1. The van der Waals surface area contributed by atoms with Crippen molar-refractivity contribution >= 4 is 29.0 Å². The van der Waals surface area contributed by atoms with Crippen molar-refractivity contribution in [3.63, 3.8) is 0 Å². The van der Waals surface area contributed by atoms with E-state index in [4.69, 9.17) is 9.47 Å². The van der Waals surface area contributed by atoms with E-state index in [-0.39, 0.29) is 11.9 Å². The van der Waals surface area contributed by atoms with Crippen LogP contribution in [-0.2, 0) is 16.0 Å². The van der Waals surface area contributed by atoms with Gasteiger partial charge in [0.15, 0.2) is 0 Å². The smallest absolute Gasteiger partial charge is 0.322 e. The molecule has 32 heavy (non-hydrogen) atoms. The van der Waals surface area contributed by atoms with Crippen LogP contribution in [0.3, 0.4) is 0 Å². The molecule has 0 bridgehead atoms. The minimum Gasteiger partial charge on any atom is -0.385 e. The molecule has 3 amide bonds. The molecule has 0 saturated heterocycles. The highest BCUT2D eigenvalue weighted by molar-refractivity contribution is 7.09. The minimum absolute atomic E-state index is 0.209. The number of amides is 3. The molecule has 0 unspecified atom stereocenters. The molecule has 2 N–H and O–H groups in total. The summed E-state index contributed by atoms with van der Waals surface area (Å²) >= 11 is 1.37. The molecule has 0 fully saturated rings. The second-order valence-electron chi connectivity index (χ2n) is 7.70. The number of hydrogen-bond donors (Lipinski definition) is 2. The van der Waals surface area contributed by atoms with Crippen molar-refractivity contribution < 1.29 is 19.1 Å². The summed E-state index contributed by atoms with van der Waals surface area (Å²) in [5, 5.41) is 8.21. The average molecular weight is 463 g/mol. The molecular formula is C23H34N4O4S. The summed E-state index contributed by atoms with van der Waals surface area (Å²) in [5.74, 6) is 0.214. The fraction of sp³-hybridized carbons (Fsp3) is 0.522. The zero-order valence-corrected chi connectivity index (χ0v) is 20.2. The van der Waals surface area contributed by atoms with E-state index in [0.717, 1.165) is 12.1 Å². The molecule has 0 radical (unpaired) electrons. The van der Waals surface area contributed by atoms with E-state index in [0.29, 0.717) is 55.9 Å². The molecule has 2 aromatic rings. The maximum absolute atomic E-state index is 12.9. The monoisotopic (exact) mass is 462 g/mol. The van der Waals surface area contributed by atoms with Crippen LogP contribution < -0.4 is 10.6 Å². The summed E-state index contributed by atoms with van der Waals surface area (Å²) in [5.41, 5.74) is 2.33. The normalized spacial score (nSPS) is 10.9. The zero-order chi connectivity index (χ0) is 23.3. The second-order valence-corrected chi connectivity index (χ2v) is 8.65. The Kier molecular flexibility index (Phi) is 11.1. The highest BCUT2D eigenvalue weighted by Gasteiger charge is 2.18. The van der Waals surface area contributed by atoms with Crippen LogP contribution in [0.1, 0.15) is 53.7 Å². The molecule has 176 valence electrons. The summed E-state index contributed by atoms with van der Waals surface area (Å²) in [7, 11) is 3.27. The predicted molar refractivity (Wildman–Crippen MR) is 127 cm³/mol. The summed E-state index contributed by atoms with van der Waals surface area (Å²) in [6.07, 6.45) is 1.44. The molecule has 0 aliphatic carbocycles. The minimum atomic E-state index is -0.218. The van der Waals surface area contributed by atoms with Gasteiger partial charge in [0.2, 0.25) is 0 Å². The summed E-state index contributed by atoms with van der Waals surface area (Å²) in [6, 6.07) is 7.66. The number of carbonyl (C=O) groups is 2. The fourth-order valence-corrected chi connectivity index (χ4v) is 3.75. The van der Waals surface area contributed by atoms with Crippen molar-refractivity contribution in [2.75, 3.05) is 45.8 Å². The van der Waals surface area contributed by atoms with Crippen LogP contribution in [0.5, 0.6) is 0 Å². The molecule has 2 rings (SSSR count). The van der Waals surface area contributed by atoms with Gasteiger partial charge in [0, 0.05) is 51.6 Å². The van der Waals surface area contributed by atoms with Crippen molar-refractivity contribution in [3.05, 3.63) is 45.9 Å². The molecule has 8 nitrogen and oxygen atoms in total. The van der Waals surface area contributed by atoms with Crippen LogP contribution in [0.25, 0.3) is 0 Å². The number of nitrogens with one attached hydrogen (secondary N) is 2. The second kappa shape index (κ2) is 13.8. The van der Waals surface area contributed by atoms with Crippen LogP contribution in [0, 0.1) is 0 Å².